The summed E-state index contributed by atoms with van der Waals surface area (Å²) in [5.41, 5.74) is 0. The summed E-state index contributed by atoms with van der Waals surface area (Å²) in [5.74, 6) is 2.99. The molecule has 0 aromatic heterocycles. The van der Waals surface area contributed by atoms with Crippen LogP contribution in [0, 0.1) is 5.92 Å². The van der Waals surface area contributed by atoms with Gasteiger partial charge in [0.05, 0.1) is 0 Å². The van der Waals surface area contributed by atoms with Crippen molar-refractivity contribution in [1.82, 2.24) is 0 Å². The number of hydrogen-bond acceptors (Lipinski definition) is 2. The minimum Gasteiger partial charge on any atom is -0.396 e. The fourth-order valence-electron chi connectivity index (χ4n) is 0.390. The zero-order valence-corrected chi connectivity index (χ0v) is 4.37. The first-order chi connectivity index (χ1) is 2.93. The number of rotatable bonds is 1. The lowest BCUT2D eigenvalue weighted by Crippen LogP contribution is -2.21. The van der Waals surface area contributed by atoms with Gasteiger partial charge in [0.15, 0.2) is 0 Å². The summed E-state index contributed by atoms with van der Waals surface area (Å²) in [7, 11) is 0. The standard InChI is InChI=1S/C4H8OS/c5-1-4-2-6-3-4/h4-5H,1-3H2. The highest BCUT2D eigenvalue weighted by Gasteiger charge is 2.15. The van der Waals surface area contributed by atoms with Crippen molar-refractivity contribution >= 4 is 11.8 Å². The Balaban J connectivity index is 2.01. The Hall–Kier alpha value is 0.310. The van der Waals surface area contributed by atoms with Crippen LogP contribution in [-0.4, -0.2) is 23.2 Å². The molecule has 36 valence electrons. The van der Waals surface area contributed by atoms with Crippen molar-refractivity contribution in [3.05, 3.63) is 0 Å². The molecule has 1 aliphatic heterocycles. The normalized spacial score (nSPS) is 23.5. The van der Waals surface area contributed by atoms with Crippen LogP contribution < -0.4 is 0 Å². The highest BCUT2D eigenvalue weighted by molar-refractivity contribution is 8.00. The maximum absolute atomic E-state index is 8.37. The van der Waals surface area contributed by atoms with E-state index in [1.165, 1.54) is 11.5 Å². The average Bonchev–Trinajstić information content (AvgIpc) is 1.31. The van der Waals surface area contributed by atoms with Crippen LogP contribution in [0.4, 0.5) is 0 Å². The number of aliphatic hydroxyl groups is 1. The molecule has 0 amide bonds. The van der Waals surface area contributed by atoms with Gasteiger partial charge in [-0.1, -0.05) is 0 Å². The van der Waals surface area contributed by atoms with Gasteiger partial charge in [0.2, 0.25) is 0 Å². The molecule has 1 nitrogen and oxygen atoms in total. The molecule has 0 bridgehead atoms. The van der Waals surface area contributed by atoms with Crippen molar-refractivity contribution in [2.75, 3.05) is 18.1 Å². The maximum Gasteiger partial charge on any atom is 0.0475 e. The van der Waals surface area contributed by atoms with Gasteiger partial charge in [0.1, 0.15) is 0 Å². The lowest BCUT2D eigenvalue weighted by atomic mass is 10.2. The van der Waals surface area contributed by atoms with Gasteiger partial charge in [0, 0.05) is 12.5 Å². The Morgan fingerprint density at radius 2 is 2.33 bits per heavy atom. The third-order valence-corrected chi connectivity index (χ3v) is 2.38. The molecule has 1 heterocycles. The first-order valence-electron chi connectivity index (χ1n) is 2.12. The van der Waals surface area contributed by atoms with Gasteiger partial charge in [-0.05, 0) is 11.5 Å². The molecule has 1 rings (SSSR count). The minimum atomic E-state index is 0.396. The monoisotopic (exact) mass is 104 g/mol. The SMILES string of the molecule is OCC1CSC1. The van der Waals surface area contributed by atoms with Crippen LogP contribution in [0.15, 0.2) is 0 Å². The Bertz CT molecular complexity index is 40.1. The fraction of sp³-hybridized carbons (Fsp3) is 1.00. The summed E-state index contributed by atoms with van der Waals surface area (Å²) in [6.45, 7) is 0.396. The second kappa shape index (κ2) is 1.85. The van der Waals surface area contributed by atoms with Crippen LogP contribution in [0.5, 0.6) is 0 Å². The number of hydrogen-bond donors (Lipinski definition) is 1. The second-order valence-corrected chi connectivity index (χ2v) is 2.66. The predicted molar refractivity (Wildman–Crippen MR) is 27.9 cm³/mol. The molecule has 1 aliphatic rings. The topological polar surface area (TPSA) is 20.2 Å². The van der Waals surface area contributed by atoms with E-state index >= 15 is 0 Å². The smallest absolute Gasteiger partial charge is 0.0475 e. The van der Waals surface area contributed by atoms with E-state index in [4.69, 9.17) is 5.11 Å². The first kappa shape index (κ1) is 4.47. The summed E-state index contributed by atoms with van der Waals surface area (Å²) >= 11 is 1.91. The molecule has 0 unspecified atom stereocenters. The Labute approximate surface area is 41.7 Å². The molecule has 0 radical (unpaired) electrons. The summed E-state index contributed by atoms with van der Waals surface area (Å²) in [4.78, 5) is 0. The Morgan fingerprint density at radius 3 is 2.33 bits per heavy atom. The van der Waals surface area contributed by atoms with Crippen molar-refractivity contribution in [2.24, 2.45) is 5.92 Å². The zero-order chi connectivity index (χ0) is 4.41. The van der Waals surface area contributed by atoms with Crippen LogP contribution in [0.2, 0.25) is 0 Å². The molecule has 0 atom stereocenters. The van der Waals surface area contributed by atoms with Gasteiger partial charge < -0.3 is 5.11 Å². The predicted octanol–water partition coefficient (Wildman–Crippen LogP) is 0.342. The van der Waals surface area contributed by atoms with Gasteiger partial charge in [0.25, 0.3) is 0 Å². The van der Waals surface area contributed by atoms with Gasteiger partial charge in [-0.2, -0.15) is 11.8 Å². The van der Waals surface area contributed by atoms with Crippen molar-refractivity contribution in [3.63, 3.8) is 0 Å². The lowest BCUT2D eigenvalue weighted by molar-refractivity contribution is 0.247. The van der Waals surface area contributed by atoms with Crippen LogP contribution >= 0.6 is 11.8 Å². The molecule has 1 N–H and O–H groups in total. The van der Waals surface area contributed by atoms with Crippen LogP contribution in [-0.2, 0) is 0 Å². The largest absolute Gasteiger partial charge is 0.396 e. The van der Waals surface area contributed by atoms with Crippen molar-refractivity contribution in [1.29, 1.82) is 0 Å². The first-order valence-corrected chi connectivity index (χ1v) is 3.27. The van der Waals surface area contributed by atoms with E-state index in [9.17, 15) is 0 Å². The average molecular weight is 104 g/mol. The van der Waals surface area contributed by atoms with Gasteiger partial charge >= 0.3 is 0 Å². The molecule has 1 saturated heterocycles. The number of thioether (sulfide) groups is 1. The molecule has 2 heteroatoms. The van der Waals surface area contributed by atoms with Crippen molar-refractivity contribution < 1.29 is 5.11 Å². The molecule has 0 aromatic rings. The lowest BCUT2D eigenvalue weighted by Gasteiger charge is -2.21. The molecular weight excluding hydrogens is 96.1 g/mol. The molecule has 0 aliphatic carbocycles. The van der Waals surface area contributed by atoms with E-state index < -0.39 is 0 Å². The third-order valence-electron chi connectivity index (χ3n) is 0.965. The van der Waals surface area contributed by atoms with Crippen LogP contribution in [0.1, 0.15) is 0 Å². The molecule has 6 heavy (non-hydrogen) atoms. The van der Waals surface area contributed by atoms with E-state index in [1.54, 1.807) is 0 Å². The molecule has 0 spiro atoms. The minimum absolute atomic E-state index is 0.396. The van der Waals surface area contributed by atoms with E-state index in [-0.39, 0.29) is 0 Å². The molecule has 0 aromatic carbocycles. The highest BCUT2D eigenvalue weighted by atomic mass is 32.2. The van der Waals surface area contributed by atoms with Gasteiger partial charge in [-0.25, -0.2) is 0 Å². The van der Waals surface area contributed by atoms with Gasteiger partial charge in [-0.3, -0.25) is 0 Å². The quantitative estimate of drug-likeness (QED) is 0.517. The summed E-state index contributed by atoms with van der Waals surface area (Å²) in [6, 6.07) is 0. The van der Waals surface area contributed by atoms with E-state index in [2.05, 4.69) is 0 Å². The van der Waals surface area contributed by atoms with E-state index in [0.29, 0.717) is 12.5 Å². The summed E-state index contributed by atoms with van der Waals surface area (Å²) < 4.78 is 0. The molecule has 0 saturated carbocycles. The van der Waals surface area contributed by atoms with Crippen LogP contribution in [0.3, 0.4) is 0 Å². The second-order valence-electron chi connectivity index (χ2n) is 1.59. The summed E-state index contributed by atoms with van der Waals surface area (Å²) in [6.07, 6.45) is 0. The van der Waals surface area contributed by atoms with Crippen LogP contribution in [0.25, 0.3) is 0 Å². The third kappa shape index (κ3) is 0.684. The fourth-order valence-corrected chi connectivity index (χ4v) is 1.17. The Morgan fingerprint density at radius 1 is 1.67 bits per heavy atom. The van der Waals surface area contributed by atoms with E-state index in [1.807, 2.05) is 11.8 Å². The molecule has 1 fully saturated rings. The van der Waals surface area contributed by atoms with Gasteiger partial charge in [-0.15, -0.1) is 0 Å². The number of aliphatic hydroxyl groups excluding tert-OH is 1. The highest BCUT2D eigenvalue weighted by Crippen LogP contribution is 2.22. The van der Waals surface area contributed by atoms with Crippen molar-refractivity contribution in [3.8, 4) is 0 Å². The maximum atomic E-state index is 8.37. The summed E-state index contributed by atoms with van der Waals surface area (Å²) in [5, 5.41) is 8.37. The van der Waals surface area contributed by atoms with E-state index in [0.717, 1.165) is 0 Å². The van der Waals surface area contributed by atoms with Crippen molar-refractivity contribution in [2.45, 2.75) is 0 Å². The zero-order valence-electron chi connectivity index (χ0n) is 3.55. The Kier molecular flexibility index (Phi) is 1.37. The molecular formula is C4H8OS.